The number of amides is 1. The van der Waals surface area contributed by atoms with Crippen molar-refractivity contribution in [3.05, 3.63) is 0 Å². The van der Waals surface area contributed by atoms with Gasteiger partial charge < -0.3 is 10.8 Å². The van der Waals surface area contributed by atoms with Crippen molar-refractivity contribution < 1.29 is 9.90 Å². The van der Waals surface area contributed by atoms with E-state index in [0.717, 1.165) is 0 Å². The molecule has 0 fully saturated rings. The van der Waals surface area contributed by atoms with Crippen LogP contribution in [0.2, 0.25) is 0 Å². The third kappa shape index (κ3) is 3850. The molecule has 0 aromatic heterocycles. The van der Waals surface area contributed by atoms with Gasteiger partial charge in [0, 0.05) is 0 Å². The Morgan fingerprint density at radius 3 is 1.71 bits per heavy atom. The van der Waals surface area contributed by atoms with Crippen LogP contribution in [0.4, 0.5) is 4.79 Å². The van der Waals surface area contributed by atoms with Gasteiger partial charge >= 0.3 is 6.09 Å². The van der Waals surface area contributed by atoms with E-state index in [1.165, 1.54) is 0 Å². The predicted molar refractivity (Wildman–Crippen MR) is 28.8 cm³/mol. The first kappa shape index (κ1) is 9.97. The number of alkyl halides is 2. The highest BCUT2D eigenvalue weighted by Crippen LogP contribution is 1.73. The molecule has 0 aliphatic rings. The third-order valence-corrected chi connectivity index (χ3v) is 0. The molecular weight excluding hydrogens is 141 g/mol. The van der Waals surface area contributed by atoms with Gasteiger partial charge in [0.1, 0.15) is 0 Å². The lowest BCUT2D eigenvalue weighted by Gasteiger charge is -1.61. The molecule has 0 spiro atoms. The van der Waals surface area contributed by atoms with E-state index in [9.17, 15) is 0 Å². The fourth-order valence-electron chi connectivity index (χ4n) is 0. The van der Waals surface area contributed by atoms with Crippen molar-refractivity contribution in [1.29, 1.82) is 0 Å². The molecular formula is C2H5Cl2NO2. The van der Waals surface area contributed by atoms with Crippen LogP contribution in [-0.2, 0) is 0 Å². The monoisotopic (exact) mass is 145 g/mol. The maximum Gasteiger partial charge on any atom is 0.402 e. The van der Waals surface area contributed by atoms with Crippen LogP contribution >= 0.6 is 23.2 Å². The molecule has 0 aliphatic heterocycles. The molecule has 0 aromatic carbocycles. The molecule has 5 heteroatoms. The number of rotatable bonds is 0. The fraction of sp³-hybridized carbons (Fsp3) is 0.500. The Morgan fingerprint density at radius 2 is 1.71 bits per heavy atom. The van der Waals surface area contributed by atoms with Gasteiger partial charge in [0.05, 0.1) is 5.34 Å². The van der Waals surface area contributed by atoms with Crippen molar-refractivity contribution in [3.63, 3.8) is 0 Å². The first-order chi connectivity index (χ1) is 3.15. The van der Waals surface area contributed by atoms with E-state index >= 15 is 0 Å². The Morgan fingerprint density at radius 1 is 1.71 bits per heavy atom. The Labute approximate surface area is 51.0 Å². The van der Waals surface area contributed by atoms with Crippen LogP contribution in [0.1, 0.15) is 0 Å². The van der Waals surface area contributed by atoms with Crippen LogP contribution in [-0.4, -0.2) is 16.5 Å². The Kier molecular flexibility index (Phi) is 13.2. The van der Waals surface area contributed by atoms with Crippen LogP contribution in [0.15, 0.2) is 0 Å². The molecule has 0 radical (unpaired) electrons. The maximum absolute atomic E-state index is 8.78. The first-order valence-corrected chi connectivity index (χ1v) is 2.32. The van der Waals surface area contributed by atoms with Crippen molar-refractivity contribution in [2.45, 2.75) is 0 Å². The molecule has 0 atom stereocenters. The number of primary amides is 1. The SMILES string of the molecule is ClCCl.NC(=O)O. The Balaban J connectivity index is 0. The summed E-state index contributed by atoms with van der Waals surface area (Å²) in [6.45, 7) is 0. The van der Waals surface area contributed by atoms with Gasteiger partial charge in [-0.1, -0.05) is 0 Å². The molecule has 3 N–H and O–H groups in total. The highest BCUT2D eigenvalue weighted by atomic mass is 35.5. The minimum absolute atomic E-state index is 0.194. The standard InChI is InChI=1S/CH2Cl2.CH3NO2/c2-1-3;2-1(3)4/h1H2;2H2,(H,3,4). The summed E-state index contributed by atoms with van der Waals surface area (Å²) in [6.07, 6.45) is -1.33. The molecule has 1 amide bonds. The quantitative estimate of drug-likeness (QED) is 0.501. The zero-order valence-corrected chi connectivity index (χ0v) is 4.91. The Bertz CT molecular complexity index is 45.0. The second-order valence-electron chi connectivity index (χ2n) is 0.439. The number of carbonyl (C=O) groups is 1. The van der Waals surface area contributed by atoms with Gasteiger partial charge in [-0.2, -0.15) is 0 Å². The maximum atomic E-state index is 8.78. The van der Waals surface area contributed by atoms with Gasteiger partial charge in [-0.05, 0) is 0 Å². The van der Waals surface area contributed by atoms with Crippen molar-refractivity contribution in [2.75, 3.05) is 5.34 Å². The Hall–Kier alpha value is -0.150. The van der Waals surface area contributed by atoms with E-state index in [-0.39, 0.29) is 5.34 Å². The lowest BCUT2D eigenvalue weighted by Crippen LogP contribution is -2.03. The fourth-order valence-corrected chi connectivity index (χ4v) is 0. The molecule has 0 aliphatic carbocycles. The van der Waals surface area contributed by atoms with Crippen LogP contribution in [0, 0.1) is 0 Å². The highest BCUT2D eigenvalue weighted by Gasteiger charge is 1.65. The molecule has 0 rings (SSSR count). The van der Waals surface area contributed by atoms with E-state index in [4.69, 9.17) is 33.1 Å². The molecule has 0 bridgehead atoms. The summed E-state index contributed by atoms with van der Waals surface area (Å²) >= 11 is 9.53. The molecule has 3 nitrogen and oxygen atoms in total. The molecule has 0 heterocycles. The largest absolute Gasteiger partial charge is 0.465 e. The summed E-state index contributed by atoms with van der Waals surface area (Å²) < 4.78 is 0. The molecule has 0 unspecified atom stereocenters. The average molecular weight is 146 g/mol. The van der Waals surface area contributed by atoms with Crippen molar-refractivity contribution in [3.8, 4) is 0 Å². The van der Waals surface area contributed by atoms with Crippen LogP contribution in [0.3, 0.4) is 0 Å². The average Bonchev–Trinajstić information content (AvgIpc) is 1.33. The van der Waals surface area contributed by atoms with Gasteiger partial charge in [0.2, 0.25) is 0 Å². The van der Waals surface area contributed by atoms with Crippen molar-refractivity contribution in [1.82, 2.24) is 0 Å². The highest BCUT2D eigenvalue weighted by molar-refractivity contribution is 6.40. The number of nitrogens with two attached hydrogens (primary N) is 1. The summed E-state index contributed by atoms with van der Waals surface area (Å²) in [6, 6.07) is 0. The molecule has 0 saturated carbocycles. The third-order valence-electron chi connectivity index (χ3n) is 0. The first-order valence-electron chi connectivity index (χ1n) is 1.25. The summed E-state index contributed by atoms with van der Waals surface area (Å²) in [5, 5.41) is 7.39. The lowest BCUT2D eigenvalue weighted by atomic mass is 11.3. The van der Waals surface area contributed by atoms with Crippen LogP contribution in [0.5, 0.6) is 0 Å². The zero-order valence-electron chi connectivity index (χ0n) is 3.40. The molecule has 0 aromatic rings. The van der Waals surface area contributed by atoms with Crippen LogP contribution < -0.4 is 5.73 Å². The summed E-state index contributed by atoms with van der Waals surface area (Å²) in [5.74, 6) is 0. The van der Waals surface area contributed by atoms with E-state index in [1.807, 2.05) is 0 Å². The van der Waals surface area contributed by atoms with Gasteiger partial charge in [-0.15, -0.1) is 23.2 Å². The summed E-state index contributed by atoms with van der Waals surface area (Å²) in [5.41, 5.74) is 4.03. The number of hydrogen-bond donors (Lipinski definition) is 2. The number of carboxylic acid groups (broad SMARTS) is 1. The molecule has 7 heavy (non-hydrogen) atoms. The second kappa shape index (κ2) is 9.28. The summed E-state index contributed by atoms with van der Waals surface area (Å²) in [7, 11) is 0. The van der Waals surface area contributed by atoms with Crippen LogP contribution in [0.25, 0.3) is 0 Å². The van der Waals surface area contributed by atoms with E-state index in [2.05, 4.69) is 5.73 Å². The minimum Gasteiger partial charge on any atom is -0.465 e. The van der Waals surface area contributed by atoms with Gasteiger partial charge in [-0.25, -0.2) is 4.79 Å². The van der Waals surface area contributed by atoms with Gasteiger partial charge in [0.15, 0.2) is 0 Å². The molecule has 44 valence electrons. The van der Waals surface area contributed by atoms with Crippen molar-refractivity contribution in [2.24, 2.45) is 5.73 Å². The minimum atomic E-state index is -1.33. The topological polar surface area (TPSA) is 63.3 Å². The van der Waals surface area contributed by atoms with E-state index in [0.29, 0.717) is 0 Å². The second-order valence-corrected chi connectivity index (χ2v) is 1.25. The predicted octanol–water partition coefficient (Wildman–Crippen LogP) is 1.04. The van der Waals surface area contributed by atoms with E-state index < -0.39 is 6.09 Å². The number of halogens is 2. The summed E-state index contributed by atoms with van der Waals surface area (Å²) in [4.78, 5) is 8.78. The van der Waals surface area contributed by atoms with Crippen molar-refractivity contribution >= 4 is 29.3 Å². The number of hydrogen-bond acceptors (Lipinski definition) is 1. The smallest absolute Gasteiger partial charge is 0.402 e. The van der Waals surface area contributed by atoms with Gasteiger partial charge in [-0.3, -0.25) is 0 Å². The normalized spacial score (nSPS) is 6.00. The molecule has 0 saturated heterocycles. The lowest BCUT2D eigenvalue weighted by molar-refractivity contribution is 0.205. The van der Waals surface area contributed by atoms with E-state index in [1.54, 1.807) is 0 Å². The zero-order chi connectivity index (χ0) is 6.28. The van der Waals surface area contributed by atoms with Gasteiger partial charge in [0.25, 0.3) is 0 Å².